The minimum Gasteiger partial charge on any atom is -0.408 e. The number of nitrogens with zero attached hydrogens (tertiary/aromatic N) is 7. The molecule has 4 aliphatic rings. The molecule has 0 amide bonds. The van der Waals surface area contributed by atoms with Gasteiger partial charge in [0.15, 0.2) is 34.7 Å². The summed E-state index contributed by atoms with van der Waals surface area (Å²) in [6, 6.07) is 0. The zero-order valence-electron chi connectivity index (χ0n) is 36.8. The first-order chi connectivity index (χ1) is 28.9. The standard InChI is InChI=1S/C38H59N7O11P2S2Si2/c1-37(2,3)61(7,8)55-30-26-18-50-57(47,59)53-29-25(17-49-58(48,60)54-31(30)35(52-26)45-21-43-28-24(16-46)40-20-42-34(28)45)51-36(32(29)56-62(9,10)38(4,5)6)44-15-22-13-11-12-14-23-27(22)33(44)41-19-39-23/h15,19-21,25-26,29-32,35-36,46H,11-14,16-18H2,1-10H3,(H,47,59)(H,48,60)/t25-,26-,29-,30-,31-,32-,35-,36-,57?,58?/m1/s1. The fourth-order valence-electron chi connectivity index (χ4n) is 7.99. The smallest absolute Gasteiger partial charge is 0.325 e. The van der Waals surface area contributed by atoms with Crippen LogP contribution in [0.4, 0.5) is 0 Å². The van der Waals surface area contributed by atoms with Gasteiger partial charge in [0, 0.05) is 11.6 Å². The molecule has 3 N–H and O–H groups in total. The molecule has 24 heteroatoms. The Morgan fingerprint density at radius 1 is 0.742 bits per heavy atom. The van der Waals surface area contributed by atoms with E-state index in [1.54, 1.807) is 10.9 Å². The lowest BCUT2D eigenvalue weighted by Crippen LogP contribution is -2.50. The highest BCUT2D eigenvalue weighted by Gasteiger charge is 2.57. The summed E-state index contributed by atoms with van der Waals surface area (Å²) >= 11 is 11.6. The minimum atomic E-state index is -4.19. The first-order valence-electron chi connectivity index (χ1n) is 21.0. The second kappa shape index (κ2) is 17.0. The molecule has 2 bridgehead atoms. The zero-order chi connectivity index (χ0) is 44.8. The van der Waals surface area contributed by atoms with Gasteiger partial charge in [-0.1, -0.05) is 41.5 Å². The molecule has 10 atom stereocenters. The average molecular weight is 972 g/mol. The number of aryl methyl sites for hydroxylation is 2. The number of hydrogen-bond donors (Lipinski definition) is 3. The van der Waals surface area contributed by atoms with Gasteiger partial charge in [0.2, 0.25) is 0 Å². The number of imidazole rings is 1. The second-order valence-corrected chi connectivity index (χ2v) is 34.7. The number of hydrogen-bond acceptors (Lipinski definition) is 16. The van der Waals surface area contributed by atoms with Crippen LogP contribution in [-0.2, 0) is 79.5 Å². The lowest BCUT2D eigenvalue weighted by molar-refractivity contribution is -0.0604. The van der Waals surface area contributed by atoms with Gasteiger partial charge < -0.3 is 46.8 Å². The summed E-state index contributed by atoms with van der Waals surface area (Å²) in [6.45, 7) is 11.8. The summed E-state index contributed by atoms with van der Waals surface area (Å²) in [5.74, 6) is 0. The largest absolute Gasteiger partial charge is 0.408 e. The summed E-state index contributed by atoms with van der Waals surface area (Å²) in [4.78, 5) is 46.7. The van der Waals surface area contributed by atoms with Gasteiger partial charge in [0.25, 0.3) is 0 Å². The van der Waals surface area contributed by atoms with Crippen molar-refractivity contribution >= 4 is 75.9 Å². The van der Waals surface area contributed by atoms with Crippen LogP contribution >= 0.6 is 13.4 Å². The molecule has 62 heavy (non-hydrogen) atoms. The van der Waals surface area contributed by atoms with E-state index in [2.05, 4.69) is 93.9 Å². The first kappa shape index (κ1) is 47.0. The van der Waals surface area contributed by atoms with Crippen molar-refractivity contribution < 1.29 is 51.3 Å². The molecule has 7 heterocycles. The van der Waals surface area contributed by atoms with Gasteiger partial charge in [0.05, 0.1) is 37.5 Å². The molecule has 0 spiro atoms. The van der Waals surface area contributed by atoms with Crippen LogP contribution in [0.2, 0.25) is 36.3 Å². The molecule has 342 valence electrons. The van der Waals surface area contributed by atoms with Gasteiger partial charge in [0.1, 0.15) is 60.4 Å². The van der Waals surface area contributed by atoms with E-state index in [0.29, 0.717) is 22.5 Å². The molecule has 4 aromatic rings. The summed E-state index contributed by atoms with van der Waals surface area (Å²) in [5, 5.41) is 10.5. The van der Waals surface area contributed by atoms with Crippen molar-refractivity contribution in [3.8, 4) is 0 Å². The van der Waals surface area contributed by atoms with Crippen LogP contribution in [0.15, 0.2) is 25.2 Å². The Kier molecular flexibility index (Phi) is 12.9. The highest BCUT2D eigenvalue weighted by molar-refractivity contribution is 8.07. The van der Waals surface area contributed by atoms with Gasteiger partial charge in [-0.15, -0.1) is 0 Å². The van der Waals surface area contributed by atoms with E-state index < -0.39 is 79.2 Å². The average Bonchev–Trinajstić information content (AvgIpc) is 3.89. The molecule has 3 fully saturated rings. The van der Waals surface area contributed by atoms with Crippen LogP contribution in [0.25, 0.3) is 22.2 Å². The zero-order valence-corrected chi connectivity index (χ0v) is 42.2. The van der Waals surface area contributed by atoms with Crippen molar-refractivity contribution in [2.75, 3.05) is 13.2 Å². The third-order valence-corrected chi connectivity index (χ3v) is 25.4. The monoisotopic (exact) mass is 971 g/mol. The predicted octanol–water partition coefficient (Wildman–Crippen LogP) is 6.47. The number of aromatic nitrogens is 7. The highest BCUT2D eigenvalue weighted by Crippen LogP contribution is 2.56. The maximum atomic E-state index is 12.1. The van der Waals surface area contributed by atoms with Gasteiger partial charge in [-0.05, 0) is 91.1 Å². The molecule has 18 nitrogen and oxygen atoms in total. The summed E-state index contributed by atoms with van der Waals surface area (Å²) in [6.07, 6.45) is 2.40. The van der Waals surface area contributed by atoms with Crippen molar-refractivity contribution in [3.05, 3.63) is 42.1 Å². The Morgan fingerprint density at radius 3 is 1.98 bits per heavy atom. The summed E-state index contributed by atoms with van der Waals surface area (Å²) in [7, 11) is -5.24. The number of aliphatic hydroxyl groups is 1. The van der Waals surface area contributed by atoms with Gasteiger partial charge in [-0.25, -0.2) is 24.9 Å². The topological polar surface area (TPSA) is 209 Å². The van der Waals surface area contributed by atoms with Gasteiger partial charge in [-0.2, -0.15) is 0 Å². The van der Waals surface area contributed by atoms with Gasteiger partial charge in [-0.3, -0.25) is 13.6 Å². The van der Waals surface area contributed by atoms with Crippen LogP contribution in [-0.4, -0.2) is 115 Å². The van der Waals surface area contributed by atoms with Crippen molar-refractivity contribution in [2.45, 2.75) is 159 Å². The lowest BCUT2D eigenvalue weighted by Gasteiger charge is -2.41. The molecule has 2 unspecified atom stereocenters. The lowest BCUT2D eigenvalue weighted by atomic mass is 10.1. The molecule has 3 aliphatic heterocycles. The van der Waals surface area contributed by atoms with Crippen molar-refractivity contribution in [3.63, 3.8) is 0 Å². The van der Waals surface area contributed by atoms with E-state index in [9.17, 15) is 14.9 Å². The van der Waals surface area contributed by atoms with E-state index >= 15 is 0 Å². The minimum absolute atomic E-state index is 0.232. The van der Waals surface area contributed by atoms with E-state index in [0.717, 1.165) is 42.3 Å². The predicted molar refractivity (Wildman–Crippen MR) is 242 cm³/mol. The number of fused-ring (bicyclic) bond motifs is 4. The first-order valence-corrected chi connectivity index (χ1v) is 32.0. The van der Waals surface area contributed by atoms with E-state index in [-0.39, 0.29) is 29.9 Å². The molecule has 4 aromatic heterocycles. The summed E-state index contributed by atoms with van der Waals surface area (Å²) < 4.78 is 57.0. The highest BCUT2D eigenvalue weighted by atomic mass is 32.5. The van der Waals surface area contributed by atoms with Crippen molar-refractivity contribution in [1.29, 1.82) is 0 Å². The normalized spacial score (nSPS) is 32.9. The fraction of sp³-hybridized carbons (Fsp3) is 0.711. The Bertz CT molecular complexity index is 2410. The second-order valence-electron chi connectivity index (χ2n) is 19.6. The third kappa shape index (κ3) is 9.00. The van der Waals surface area contributed by atoms with Crippen LogP contribution in [0.1, 0.15) is 83.8 Å². The Balaban J connectivity index is 1.20. The van der Waals surface area contributed by atoms with Crippen LogP contribution in [0.5, 0.6) is 0 Å². The van der Waals surface area contributed by atoms with Gasteiger partial charge >= 0.3 is 13.4 Å². The number of aliphatic hydroxyl groups excluding tert-OH is 1. The van der Waals surface area contributed by atoms with Crippen LogP contribution in [0, 0.1) is 0 Å². The quantitative estimate of drug-likeness (QED) is 0.134. The Hall–Kier alpha value is -1.54. The fourth-order valence-corrected chi connectivity index (χ4v) is 13.4. The molecular weight excluding hydrogens is 913 g/mol. The van der Waals surface area contributed by atoms with E-state index in [1.165, 1.54) is 12.7 Å². The molecule has 3 saturated heterocycles. The summed E-state index contributed by atoms with van der Waals surface area (Å²) in [5.41, 5.74) is 3.79. The van der Waals surface area contributed by atoms with E-state index in [1.807, 2.05) is 4.57 Å². The van der Waals surface area contributed by atoms with Crippen molar-refractivity contribution in [1.82, 2.24) is 34.1 Å². The molecule has 0 saturated carbocycles. The number of ether oxygens (including phenoxy) is 2. The maximum Gasteiger partial charge on any atom is 0.325 e. The molecule has 0 aromatic carbocycles. The molecule has 0 radical (unpaired) electrons. The third-order valence-electron chi connectivity index (χ3n) is 13.4. The Morgan fingerprint density at radius 2 is 1.32 bits per heavy atom. The SMILES string of the molecule is CC(C)(C)[Si](C)(C)O[C@@H]1[C@@H]2OP(O)(=S)OC[C@H]3O[C@@H](n4cnc5c(CO)ncnc54)[C@H](OP(O)(=S)OC[C@H]2O[C@H]1n1cc2c4c(ncnc41)CCCC2)[C@@H]3O[Si](C)(C)C(C)(C)C. The maximum absolute atomic E-state index is 12.1. The Labute approximate surface area is 374 Å². The molecular formula is C38H59N7O11P2S2Si2. The van der Waals surface area contributed by atoms with Crippen LogP contribution < -0.4 is 0 Å². The van der Waals surface area contributed by atoms with Crippen molar-refractivity contribution in [2.24, 2.45) is 0 Å². The number of rotatable bonds is 7. The molecule has 1 aliphatic carbocycles. The van der Waals surface area contributed by atoms with Crippen LogP contribution in [0.3, 0.4) is 0 Å². The molecule has 8 rings (SSSR count). The van der Waals surface area contributed by atoms with E-state index in [4.69, 9.17) is 65.0 Å².